The van der Waals surface area contributed by atoms with Crippen LogP contribution in [0, 0.1) is 0 Å². The van der Waals surface area contributed by atoms with E-state index < -0.39 is 0 Å². The Balaban J connectivity index is 1.38. The molecular weight excluding hydrogens is 470 g/mol. The number of nitrogens with zero attached hydrogens (tertiary/aromatic N) is 3. The number of hydrogen-bond acceptors (Lipinski definition) is 6. The first-order valence-electron chi connectivity index (χ1n) is 13.1. The van der Waals surface area contributed by atoms with Crippen LogP contribution in [0.4, 0.5) is 0 Å². The largest absolute Gasteiger partial charge is 0.493 e. The molecule has 8 heteroatoms. The fraction of sp³-hybridized carbons (Fsp3) is 0.448. The first-order valence-corrected chi connectivity index (χ1v) is 13.1. The summed E-state index contributed by atoms with van der Waals surface area (Å²) in [4.78, 5) is 15.8. The summed E-state index contributed by atoms with van der Waals surface area (Å²) in [5.41, 5.74) is 2.52. The molecule has 5 rings (SSSR count). The van der Waals surface area contributed by atoms with E-state index in [9.17, 15) is 4.79 Å². The van der Waals surface area contributed by atoms with Gasteiger partial charge in [-0.3, -0.25) is 4.79 Å². The summed E-state index contributed by atoms with van der Waals surface area (Å²) in [6.45, 7) is 1.69. The van der Waals surface area contributed by atoms with Crippen LogP contribution in [0.15, 0.2) is 54.9 Å². The van der Waals surface area contributed by atoms with Gasteiger partial charge in [0.25, 0.3) is 5.91 Å². The molecule has 2 aliphatic rings. The first-order chi connectivity index (χ1) is 18.2. The molecule has 3 aromatic rings. The van der Waals surface area contributed by atoms with E-state index in [0.717, 1.165) is 56.4 Å². The standard InChI is InChI=1S/C29H35N3O5/c1-34-26-17-21(18-27(35-2)28(26)37-20-25-9-5-16-36-25)19-31(23-7-3-4-8-23)29(33)22-10-12-24(13-11-22)32-15-6-14-30-32/h6,10-15,17-18,23,25H,3-5,7-9,16,19-20H2,1-2H3. The number of rotatable bonds is 10. The van der Waals surface area contributed by atoms with E-state index in [1.54, 1.807) is 25.1 Å². The molecule has 0 N–H and O–H groups in total. The molecule has 1 aliphatic carbocycles. The lowest BCUT2D eigenvalue weighted by Crippen LogP contribution is -2.38. The van der Waals surface area contributed by atoms with Gasteiger partial charge in [0.2, 0.25) is 5.75 Å². The van der Waals surface area contributed by atoms with E-state index in [0.29, 0.717) is 36.0 Å². The minimum Gasteiger partial charge on any atom is -0.493 e. The number of aromatic nitrogens is 2. The van der Waals surface area contributed by atoms with Gasteiger partial charge in [-0.2, -0.15) is 5.10 Å². The maximum atomic E-state index is 13.8. The molecule has 8 nitrogen and oxygen atoms in total. The third-order valence-corrected chi connectivity index (χ3v) is 7.22. The van der Waals surface area contributed by atoms with Crippen LogP contribution in [0.1, 0.15) is 54.4 Å². The van der Waals surface area contributed by atoms with Crippen LogP contribution in [0.2, 0.25) is 0 Å². The Hall–Kier alpha value is -3.52. The second-order valence-electron chi connectivity index (χ2n) is 9.64. The predicted molar refractivity (Wildman–Crippen MR) is 140 cm³/mol. The molecule has 1 aromatic heterocycles. The van der Waals surface area contributed by atoms with Crippen molar-refractivity contribution in [2.45, 2.75) is 57.2 Å². The zero-order valence-corrected chi connectivity index (χ0v) is 21.6. The highest BCUT2D eigenvalue weighted by molar-refractivity contribution is 5.94. The number of carbonyl (C=O) groups excluding carboxylic acids is 1. The quantitative estimate of drug-likeness (QED) is 0.385. The Morgan fingerprint density at radius 1 is 1.05 bits per heavy atom. The van der Waals surface area contributed by atoms with Gasteiger partial charge in [0, 0.05) is 37.2 Å². The molecule has 0 radical (unpaired) electrons. The van der Waals surface area contributed by atoms with Crippen molar-refractivity contribution in [3.8, 4) is 22.9 Å². The summed E-state index contributed by atoms with van der Waals surface area (Å²) in [6.07, 6.45) is 10.0. The fourth-order valence-corrected chi connectivity index (χ4v) is 5.24. The Bertz CT molecular complexity index is 1140. The van der Waals surface area contributed by atoms with Gasteiger partial charge < -0.3 is 23.8 Å². The Labute approximate surface area is 218 Å². The fourth-order valence-electron chi connectivity index (χ4n) is 5.24. The van der Waals surface area contributed by atoms with E-state index in [1.165, 1.54) is 0 Å². The summed E-state index contributed by atoms with van der Waals surface area (Å²) in [5, 5.41) is 4.27. The summed E-state index contributed by atoms with van der Waals surface area (Å²) in [5.74, 6) is 1.78. The van der Waals surface area contributed by atoms with Crippen molar-refractivity contribution in [1.29, 1.82) is 0 Å². The van der Waals surface area contributed by atoms with Crippen molar-refractivity contribution in [2.24, 2.45) is 0 Å². The van der Waals surface area contributed by atoms with Gasteiger partial charge in [-0.1, -0.05) is 12.8 Å². The lowest BCUT2D eigenvalue weighted by molar-refractivity contribution is 0.0652. The average molecular weight is 506 g/mol. The maximum Gasteiger partial charge on any atom is 0.254 e. The molecule has 2 fully saturated rings. The smallest absolute Gasteiger partial charge is 0.254 e. The second-order valence-corrected chi connectivity index (χ2v) is 9.64. The van der Waals surface area contributed by atoms with Gasteiger partial charge in [0.05, 0.1) is 26.0 Å². The molecule has 1 saturated heterocycles. The SMILES string of the molecule is COc1cc(CN(C(=O)c2ccc(-n3cccn3)cc2)C2CCCC2)cc(OC)c1OCC1CCCO1. The minimum atomic E-state index is 0.0237. The van der Waals surface area contributed by atoms with E-state index in [-0.39, 0.29) is 18.1 Å². The normalized spacial score (nSPS) is 17.6. The summed E-state index contributed by atoms with van der Waals surface area (Å²) >= 11 is 0. The van der Waals surface area contributed by atoms with E-state index in [2.05, 4.69) is 5.10 Å². The van der Waals surface area contributed by atoms with Gasteiger partial charge >= 0.3 is 0 Å². The van der Waals surface area contributed by atoms with Crippen LogP contribution in [0.5, 0.6) is 17.2 Å². The number of benzene rings is 2. The molecule has 2 aromatic carbocycles. The zero-order valence-electron chi connectivity index (χ0n) is 21.6. The van der Waals surface area contributed by atoms with Crippen molar-refractivity contribution >= 4 is 5.91 Å². The van der Waals surface area contributed by atoms with E-state index in [1.807, 2.05) is 53.6 Å². The topological polar surface area (TPSA) is 75.1 Å². The Morgan fingerprint density at radius 3 is 2.38 bits per heavy atom. The average Bonchev–Trinajstić information content (AvgIpc) is 3.74. The van der Waals surface area contributed by atoms with Gasteiger partial charge in [0.1, 0.15) is 6.61 Å². The minimum absolute atomic E-state index is 0.0237. The number of methoxy groups -OCH3 is 2. The first kappa shape index (κ1) is 25.1. The van der Waals surface area contributed by atoms with Crippen LogP contribution in [-0.4, -0.2) is 60.2 Å². The molecule has 0 spiro atoms. The van der Waals surface area contributed by atoms with Crippen LogP contribution in [0.25, 0.3) is 5.69 Å². The van der Waals surface area contributed by atoms with Gasteiger partial charge in [-0.15, -0.1) is 0 Å². The Kier molecular flexibility index (Phi) is 7.94. The summed E-state index contributed by atoms with van der Waals surface area (Å²) in [6, 6.07) is 13.6. The molecule has 1 aliphatic heterocycles. The van der Waals surface area contributed by atoms with Gasteiger partial charge in [-0.25, -0.2) is 4.68 Å². The highest BCUT2D eigenvalue weighted by Crippen LogP contribution is 2.40. The van der Waals surface area contributed by atoms with Crippen molar-refractivity contribution in [1.82, 2.24) is 14.7 Å². The molecule has 1 unspecified atom stereocenters. The molecule has 1 amide bonds. The number of carbonyl (C=O) groups is 1. The molecule has 0 bridgehead atoms. The van der Waals surface area contributed by atoms with Crippen molar-refractivity contribution in [3.63, 3.8) is 0 Å². The van der Waals surface area contributed by atoms with Crippen molar-refractivity contribution in [2.75, 3.05) is 27.4 Å². The Morgan fingerprint density at radius 2 is 1.78 bits per heavy atom. The van der Waals surface area contributed by atoms with Gasteiger partial charge in [0.15, 0.2) is 11.5 Å². The summed E-state index contributed by atoms with van der Waals surface area (Å²) < 4.78 is 24.9. The molecule has 196 valence electrons. The second kappa shape index (κ2) is 11.7. The van der Waals surface area contributed by atoms with Crippen LogP contribution in [0.3, 0.4) is 0 Å². The number of amides is 1. The highest BCUT2D eigenvalue weighted by atomic mass is 16.6. The third kappa shape index (κ3) is 5.74. The lowest BCUT2D eigenvalue weighted by Gasteiger charge is -2.30. The third-order valence-electron chi connectivity index (χ3n) is 7.22. The highest BCUT2D eigenvalue weighted by Gasteiger charge is 2.29. The van der Waals surface area contributed by atoms with Crippen molar-refractivity contribution in [3.05, 3.63) is 66.0 Å². The maximum absolute atomic E-state index is 13.8. The van der Waals surface area contributed by atoms with E-state index in [4.69, 9.17) is 18.9 Å². The van der Waals surface area contributed by atoms with Crippen LogP contribution in [-0.2, 0) is 11.3 Å². The monoisotopic (exact) mass is 505 g/mol. The van der Waals surface area contributed by atoms with Crippen molar-refractivity contribution < 1.29 is 23.7 Å². The summed E-state index contributed by atoms with van der Waals surface area (Å²) in [7, 11) is 3.25. The zero-order chi connectivity index (χ0) is 25.6. The number of hydrogen-bond donors (Lipinski definition) is 0. The molecule has 37 heavy (non-hydrogen) atoms. The van der Waals surface area contributed by atoms with Crippen LogP contribution >= 0.6 is 0 Å². The van der Waals surface area contributed by atoms with Crippen LogP contribution < -0.4 is 14.2 Å². The van der Waals surface area contributed by atoms with E-state index >= 15 is 0 Å². The molecule has 1 atom stereocenters. The molecule has 1 saturated carbocycles. The lowest BCUT2D eigenvalue weighted by atomic mass is 10.1. The number of ether oxygens (including phenoxy) is 4. The molecular formula is C29H35N3O5. The van der Waals surface area contributed by atoms with Gasteiger partial charge in [-0.05, 0) is 73.7 Å². The molecule has 2 heterocycles. The predicted octanol–water partition coefficient (Wildman–Crippen LogP) is 5.03.